The van der Waals surface area contributed by atoms with E-state index in [9.17, 15) is 4.79 Å². The van der Waals surface area contributed by atoms with Gasteiger partial charge in [0, 0.05) is 0 Å². The first-order valence-electron chi connectivity index (χ1n) is 8.35. The van der Waals surface area contributed by atoms with Crippen LogP contribution in [0.4, 0.5) is 0 Å². The minimum absolute atomic E-state index is 0.146. The van der Waals surface area contributed by atoms with Crippen molar-refractivity contribution >= 4 is 22.8 Å². The number of thioether (sulfide) groups is 1. The molecule has 3 aliphatic carbocycles. The van der Waals surface area contributed by atoms with Crippen LogP contribution in [0.5, 0.6) is 0 Å². The highest BCUT2D eigenvalue weighted by Crippen LogP contribution is 2.46. The molecule has 4 rings (SSSR count). The van der Waals surface area contributed by atoms with Gasteiger partial charge in [-0.2, -0.15) is 0 Å². The second kappa shape index (κ2) is 5.36. The Labute approximate surface area is 125 Å². The van der Waals surface area contributed by atoms with Crippen molar-refractivity contribution in [3.63, 3.8) is 0 Å². The Morgan fingerprint density at radius 3 is 2.55 bits per heavy atom. The van der Waals surface area contributed by atoms with Gasteiger partial charge in [-0.3, -0.25) is 9.79 Å². The molecule has 4 fully saturated rings. The molecule has 20 heavy (non-hydrogen) atoms. The molecule has 1 amide bonds. The van der Waals surface area contributed by atoms with E-state index in [4.69, 9.17) is 4.99 Å². The van der Waals surface area contributed by atoms with Crippen molar-refractivity contribution in [1.82, 2.24) is 5.32 Å². The number of hydrogen-bond donors (Lipinski definition) is 1. The van der Waals surface area contributed by atoms with Crippen molar-refractivity contribution in [3.05, 3.63) is 0 Å². The highest BCUT2D eigenvalue weighted by molar-refractivity contribution is 8.15. The first-order valence-corrected chi connectivity index (χ1v) is 9.23. The van der Waals surface area contributed by atoms with Gasteiger partial charge in [0.05, 0.1) is 11.3 Å². The molecule has 4 aliphatic rings. The van der Waals surface area contributed by atoms with Gasteiger partial charge in [0.15, 0.2) is 5.17 Å². The molecular formula is C16H24N2OS. The molecular weight excluding hydrogens is 268 g/mol. The van der Waals surface area contributed by atoms with E-state index in [0.29, 0.717) is 12.0 Å². The molecule has 1 saturated heterocycles. The summed E-state index contributed by atoms with van der Waals surface area (Å²) < 4.78 is 0. The standard InChI is InChI=1S/C16H24N2OS/c19-15-14(11-4-2-1-3-5-11)20-16(18-15)17-13-9-10-6-7-12(13)8-10/h10-14H,1-9H2,(H,17,18,19)/t10-,12+,13+,14?/m1/s1. The maximum atomic E-state index is 12.2. The summed E-state index contributed by atoms with van der Waals surface area (Å²) in [5.74, 6) is 2.54. The summed E-state index contributed by atoms with van der Waals surface area (Å²) >= 11 is 1.73. The number of aliphatic imine (C=N–C) groups is 1. The number of fused-ring (bicyclic) bond motifs is 2. The third-order valence-electron chi connectivity index (χ3n) is 5.79. The fourth-order valence-corrected chi connectivity index (χ4v) is 5.94. The number of amidine groups is 1. The van der Waals surface area contributed by atoms with Gasteiger partial charge in [-0.15, -0.1) is 0 Å². The summed E-state index contributed by atoms with van der Waals surface area (Å²) in [6.07, 6.45) is 11.8. The molecule has 4 atom stereocenters. The van der Waals surface area contributed by atoms with Crippen LogP contribution in [-0.4, -0.2) is 22.4 Å². The lowest BCUT2D eigenvalue weighted by Crippen LogP contribution is -2.31. The predicted molar refractivity (Wildman–Crippen MR) is 82.8 cm³/mol. The van der Waals surface area contributed by atoms with E-state index in [1.807, 2.05) is 0 Å². The number of carbonyl (C=O) groups is 1. The van der Waals surface area contributed by atoms with Crippen molar-refractivity contribution in [2.24, 2.45) is 22.7 Å². The fraction of sp³-hybridized carbons (Fsp3) is 0.875. The zero-order valence-corrected chi connectivity index (χ0v) is 12.8. The Morgan fingerprint density at radius 2 is 1.85 bits per heavy atom. The Bertz CT molecular complexity index is 430. The Morgan fingerprint density at radius 1 is 1.00 bits per heavy atom. The number of nitrogens with one attached hydrogen (secondary N) is 1. The van der Waals surface area contributed by atoms with E-state index in [1.54, 1.807) is 11.8 Å². The van der Waals surface area contributed by atoms with E-state index >= 15 is 0 Å². The molecule has 1 unspecified atom stereocenters. The Kier molecular flexibility index (Phi) is 3.53. The van der Waals surface area contributed by atoms with E-state index in [0.717, 1.165) is 17.0 Å². The molecule has 0 radical (unpaired) electrons. The number of nitrogens with zero attached hydrogens (tertiary/aromatic N) is 1. The molecule has 2 bridgehead atoms. The summed E-state index contributed by atoms with van der Waals surface area (Å²) in [7, 11) is 0. The van der Waals surface area contributed by atoms with Crippen LogP contribution in [0.2, 0.25) is 0 Å². The molecule has 0 spiro atoms. The van der Waals surface area contributed by atoms with Crippen molar-refractivity contribution in [1.29, 1.82) is 0 Å². The highest BCUT2D eigenvalue weighted by atomic mass is 32.2. The average molecular weight is 292 g/mol. The minimum atomic E-state index is 0.146. The molecule has 3 saturated carbocycles. The molecule has 4 heteroatoms. The third kappa shape index (κ3) is 2.40. The normalized spacial score (nSPS) is 43.4. The van der Waals surface area contributed by atoms with Gasteiger partial charge in [0.2, 0.25) is 5.91 Å². The Balaban J connectivity index is 1.42. The average Bonchev–Trinajstić information content (AvgIpc) is 3.16. The molecule has 1 heterocycles. The van der Waals surface area contributed by atoms with Crippen LogP contribution in [-0.2, 0) is 4.79 Å². The van der Waals surface area contributed by atoms with E-state index in [1.165, 1.54) is 57.8 Å². The molecule has 1 aliphatic heterocycles. The summed E-state index contributed by atoms with van der Waals surface area (Å²) in [5.41, 5.74) is 0. The SMILES string of the molecule is O=C1NC(=N[C@H]2C[C@@H]3CC[C@H]2C3)SC1C1CCCCC1. The van der Waals surface area contributed by atoms with Crippen LogP contribution >= 0.6 is 11.8 Å². The van der Waals surface area contributed by atoms with Gasteiger partial charge in [-0.25, -0.2) is 0 Å². The first kappa shape index (κ1) is 13.2. The second-order valence-corrected chi connectivity index (χ2v) is 8.23. The van der Waals surface area contributed by atoms with E-state index < -0.39 is 0 Å². The Hall–Kier alpha value is -0.510. The van der Waals surface area contributed by atoms with Crippen molar-refractivity contribution in [2.75, 3.05) is 0 Å². The molecule has 1 N–H and O–H groups in total. The summed E-state index contributed by atoms with van der Waals surface area (Å²) in [6, 6.07) is 0.502. The maximum Gasteiger partial charge on any atom is 0.239 e. The second-order valence-electron chi connectivity index (χ2n) is 7.10. The zero-order valence-electron chi connectivity index (χ0n) is 12.0. The molecule has 110 valence electrons. The third-order valence-corrected chi connectivity index (χ3v) is 7.07. The van der Waals surface area contributed by atoms with Gasteiger partial charge >= 0.3 is 0 Å². The largest absolute Gasteiger partial charge is 0.304 e. The number of rotatable bonds is 2. The highest BCUT2D eigenvalue weighted by Gasteiger charge is 2.42. The van der Waals surface area contributed by atoms with Crippen LogP contribution in [0.15, 0.2) is 4.99 Å². The lowest BCUT2D eigenvalue weighted by molar-refractivity contribution is -0.119. The number of hydrogen-bond acceptors (Lipinski definition) is 3. The van der Waals surface area contributed by atoms with Crippen LogP contribution in [0.25, 0.3) is 0 Å². The van der Waals surface area contributed by atoms with Crippen LogP contribution < -0.4 is 5.32 Å². The monoisotopic (exact) mass is 292 g/mol. The van der Waals surface area contributed by atoms with E-state index in [-0.39, 0.29) is 11.2 Å². The van der Waals surface area contributed by atoms with Gasteiger partial charge < -0.3 is 5.32 Å². The summed E-state index contributed by atoms with van der Waals surface area (Å²) in [5, 5.41) is 4.14. The summed E-state index contributed by atoms with van der Waals surface area (Å²) in [4.78, 5) is 17.1. The number of amides is 1. The van der Waals surface area contributed by atoms with E-state index in [2.05, 4.69) is 5.32 Å². The summed E-state index contributed by atoms with van der Waals surface area (Å²) in [6.45, 7) is 0. The lowest BCUT2D eigenvalue weighted by atomic mass is 9.86. The van der Waals surface area contributed by atoms with Crippen LogP contribution in [0, 0.1) is 17.8 Å². The maximum absolute atomic E-state index is 12.2. The van der Waals surface area contributed by atoms with Gasteiger partial charge in [0.1, 0.15) is 0 Å². The number of carbonyl (C=O) groups excluding carboxylic acids is 1. The topological polar surface area (TPSA) is 41.5 Å². The van der Waals surface area contributed by atoms with Gasteiger partial charge in [-0.1, -0.05) is 37.4 Å². The molecule has 3 nitrogen and oxygen atoms in total. The van der Waals surface area contributed by atoms with Crippen molar-refractivity contribution < 1.29 is 4.79 Å². The quantitative estimate of drug-likeness (QED) is 0.848. The molecule has 0 aromatic rings. The van der Waals surface area contributed by atoms with Crippen molar-refractivity contribution in [2.45, 2.75) is 69.1 Å². The first-order chi connectivity index (χ1) is 9.79. The van der Waals surface area contributed by atoms with Crippen LogP contribution in [0.1, 0.15) is 57.8 Å². The minimum Gasteiger partial charge on any atom is -0.304 e. The fourth-order valence-electron chi connectivity index (χ4n) is 4.71. The smallest absolute Gasteiger partial charge is 0.239 e. The lowest BCUT2D eigenvalue weighted by Gasteiger charge is -2.24. The van der Waals surface area contributed by atoms with Gasteiger partial charge in [0.25, 0.3) is 0 Å². The van der Waals surface area contributed by atoms with Gasteiger partial charge in [-0.05, 0) is 49.9 Å². The zero-order chi connectivity index (χ0) is 13.5. The molecule has 0 aromatic heterocycles. The van der Waals surface area contributed by atoms with Crippen LogP contribution in [0.3, 0.4) is 0 Å². The predicted octanol–water partition coefficient (Wildman–Crippen LogP) is 3.34. The molecule has 0 aromatic carbocycles. The van der Waals surface area contributed by atoms with Crippen molar-refractivity contribution in [3.8, 4) is 0 Å².